The van der Waals surface area contributed by atoms with Crippen LogP contribution < -0.4 is 10.6 Å². The summed E-state index contributed by atoms with van der Waals surface area (Å²) in [4.78, 5) is 31.8. The molecule has 4 rings (SSSR count). The zero-order chi connectivity index (χ0) is 19.7. The lowest BCUT2D eigenvalue weighted by atomic mass is 9.87. The highest BCUT2D eigenvalue weighted by Crippen LogP contribution is 2.40. The van der Waals surface area contributed by atoms with Gasteiger partial charge in [0.05, 0.1) is 16.9 Å². The number of rotatable bonds is 4. The number of pyridine rings is 1. The molecule has 1 aliphatic carbocycles. The monoisotopic (exact) mass is 373 g/mol. The van der Waals surface area contributed by atoms with Crippen molar-refractivity contribution in [3.63, 3.8) is 0 Å². The van der Waals surface area contributed by atoms with Gasteiger partial charge in [0.15, 0.2) is 5.78 Å². The maximum absolute atomic E-state index is 12.8. The molecule has 6 heteroatoms. The minimum Gasteiger partial charge on any atom is -0.356 e. The number of H-pyrrole nitrogens is 1. The highest BCUT2D eigenvalue weighted by molar-refractivity contribution is 6.07. The molecular weight excluding hydrogens is 352 g/mol. The van der Waals surface area contributed by atoms with Gasteiger partial charge in [0.25, 0.3) is 0 Å². The number of aromatic nitrogens is 2. The number of ketones is 1. The standard InChI is InChI=1S/C22H21N4O2/c1-13-10-17-20(18(28)11-13)22(25-16-6-4-3-5-7-16)21(26-17)15-8-9-23-19(12-15)24-14(2)27/h3-9,12-13,25-26H,1,10-11H2,2H3,(H,23,24,27). The van der Waals surface area contributed by atoms with Crippen LogP contribution in [-0.4, -0.2) is 21.7 Å². The lowest BCUT2D eigenvalue weighted by Crippen LogP contribution is -2.18. The number of carbonyl (C=O) groups is 2. The molecule has 2 heterocycles. The average molecular weight is 373 g/mol. The fourth-order valence-electron chi connectivity index (χ4n) is 3.58. The maximum Gasteiger partial charge on any atom is 0.222 e. The van der Waals surface area contributed by atoms with E-state index >= 15 is 0 Å². The van der Waals surface area contributed by atoms with Crippen molar-refractivity contribution in [3.05, 3.63) is 66.8 Å². The minimum absolute atomic E-state index is 0.0588. The van der Waals surface area contributed by atoms with Gasteiger partial charge >= 0.3 is 0 Å². The number of hydrogen-bond acceptors (Lipinski definition) is 4. The van der Waals surface area contributed by atoms with Crippen molar-refractivity contribution >= 4 is 28.9 Å². The number of Topliss-reactive ketones (excluding diaryl/α,β-unsaturated/α-hetero) is 1. The molecule has 0 fully saturated rings. The average Bonchev–Trinajstić information content (AvgIpc) is 3.00. The summed E-state index contributed by atoms with van der Waals surface area (Å²) in [6.07, 6.45) is 2.79. The summed E-state index contributed by atoms with van der Waals surface area (Å²) in [5, 5.41) is 6.10. The third-order valence-electron chi connectivity index (χ3n) is 4.72. The Morgan fingerprint density at radius 1 is 1.21 bits per heavy atom. The molecule has 28 heavy (non-hydrogen) atoms. The number of fused-ring (bicyclic) bond motifs is 1. The van der Waals surface area contributed by atoms with Gasteiger partial charge in [0.2, 0.25) is 5.91 Å². The molecule has 0 spiro atoms. The highest BCUT2D eigenvalue weighted by atomic mass is 16.1. The van der Waals surface area contributed by atoms with Gasteiger partial charge in [0, 0.05) is 36.5 Å². The van der Waals surface area contributed by atoms with Gasteiger partial charge in [-0.05, 0) is 43.5 Å². The Hall–Kier alpha value is -3.41. The minimum atomic E-state index is -0.187. The Labute approximate surface area is 163 Å². The van der Waals surface area contributed by atoms with Gasteiger partial charge in [-0.2, -0.15) is 0 Å². The fraction of sp³-hybridized carbons (Fsp3) is 0.182. The molecule has 2 aromatic heterocycles. The van der Waals surface area contributed by atoms with Crippen molar-refractivity contribution in [2.75, 3.05) is 10.6 Å². The molecule has 3 aromatic rings. The molecule has 1 unspecified atom stereocenters. The molecule has 1 radical (unpaired) electrons. The summed E-state index contributed by atoms with van der Waals surface area (Å²) >= 11 is 0. The van der Waals surface area contributed by atoms with E-state index in [1.807, 2.05) is 36.4 Å². The van der Waals surface area contributed by atoms with E-state index in [1.54, 1.807) is 12.3 Å². The second kappa shape index (κ2) is 7.31. The summed E-state index contributed by atoms with van der Waals surface area (Å²) in [5.41, 5.74) is 4.86. The topological polar surface area (TPSA) is 86.9 Å². The number of para-hydroxylation sites is 1. The van der Waals surface area contributed by atoms with Crippen molar-refractivity contribution < 1.29 is 9.59 Å². The first-order valence-electron chi connectivity index (χ1n) is 9.18. The molecule has 1 aromatic carbocycles. The molecule has 6 nitrogen and oxygen atoms in total. The molecule has 0 bridgehead atoms. The molecule has 1 amide bonds. The summed E-state index contributed by atoms with van der Waals surface area (Å²) in [5.74, 6) is 0.416. The van der Waals surface area contributed by atoms with Crippen LogP contribution in [-0.2, 0) is 11.2 Å². The third kappa shape index (κ3) is 3.53. The van der Waals surface area contributed by atoms with E-state index in [-0.39, 0.29) is 17.6 Å². The lowest BCUT2D eigenvalue weighted by molar-refractivity contribution is -0.114. The number of nitrogens with zero attached hydrogens (tertiary/aromatic N) is 1. The first kappa shape index (κ1) is 18.0. The SMILES string of the molecule is [CH2]C1CC(=O)c2c([nH]c(-c3ccnc(NC(C)=O)c3)c2Nc2ccccc2)C1. The normalized spacial score (nSPS) is 15.8. The Balaban J connectivity index is 1.84. The fourth-order valence-corrected chi connectivity index (χ4v) is 3.58. The van der Waals surface area contributed by atoms with Crippen molar-refractivity contribution in [1.29, 1.82) is 0 Å². The van der Waals surface area contributed by atoms with Crippen LogP contribution in [0.25, 0.3) is 11.3 Å². The van der Waals surface area contributed by atoms with E-state index in [4.69, 9.17) is 0 Å². The van der Waals surface area contributed by atoms with E-state index < -0.39 is 0 Å². The molecule has 1 atom stereocenters. The van der Waals surface area contributed by atoms with Crippen LogP contribution in [0.15, 0.2) is 48.7 Å². The predicted octanol–water partition coefficient (Wildman–Crippen LogP) is 4.36. The summed E-state index contributed by atoms with van der Waals surface area (Å²) in [6.45, 7) is 5.51. The second-order valence-corrected chi connectivity index (χ2v) is 7.03. The van der Waals surface area contributed by atoms with Gasteiger partial charge in [-0.25, -0.2) is 4.98 Å². The predicted molar refractivity (Wildman–Crippen MR) is 110 cm³/mol. The van der Waals surface area contributed by atoms with Crippen molar-refractivity contribution in [2.24, 2.45) is 5.92 Å². The van der Waals surface area contributed by atoms with E-state index in [0.29, 0.717) is 24.2 Å². The zero-order valence-corrected chi connectivity index (χ0v) is 15.6. The van der Waals surface area contributed by atoms with Gasteiger partial charge in [-0.3, -0.25) is 9.59 Å². The van der Waals surface area contributed by atoms with Gasteiger partial charge in [-0.1, -0.05) is 18.2 Å². The van der Waals surface area contributed by atoms with Crippen molar-refractivity contribution in [1.82, 2.24) is 9.97 Å². The summed E-state index contributed by atoms with van der Waals surface area (Å²) in [7, 11) is 0. The Morgan fingerprint density at radius 3 is 2.75 bits per heavy atom. The van der Waals surface area contributed by atoms with Crippen LogP contribution in [0.2, 0.25) is 0 Å². The molecule has 1 aliphatic rings. The number of aromatic amines is 1. The molecule has 3 N–H and O–H groups in total. The maximum atomic E-state index is 12.8. The number of nitrogens with one attached hydrogen (secondary N) is 3. The van der Waals surface area contributed by atoms with E-state index in [0.717, 1.165) is 28.3 Å². The largest absolute Gasteiger partial charge is 0.356 e. The third-order valence-corrected chi connectivity index (χ3v) is 4.72. The Kier molecular flexibility index (Phi) is 4.69. The van der Waals surface area contributed by atoms with Gasteiger partial charge in [-0.15, -0.1) is 0 Å². The Bertz CT molecular complexity index is 1040. The van der Waals surface area contributed by atoms with Crippen molar-refractivity contribution in [3.8, 4) is 11.3 Å². The second-order valence-electron chi connectivity index (χ2n) is 7.03. The zero-order valence-electron chi connectivity index (χ0n) is 15.6. The van der Waals surface area contributed by atoms with E-state index in [1.165, 1.54) is 6.92 Å². The van der Waals surface area contributed by atoms with Crippen LogP contribution >= 0.6 is 0 Å². The number of amides is 1. The van der Waals surface area contributed by atoms with Crippen LogP contribution in [0.3, 0.4) is 0 Å². The van der Waals surface area contributed by atoms with Crippen LogP contribution in [0.1, 0.15) is 29.4 Å². The first-order chi connectivity index (χ1) is 13.5. The van der Waals surface area contributed by atoms with E-state index in [2.05, 4.69) is 27.5 Å². The van der Waals surface area contributed by atoms with E-state index in [9.17, 15) is 9.59 Å². The van der Waals surface area contributed by atoms with Crippen molar-refractivity contribution in [2.45, 2.75) is 19.8 Å². The molecule has 0 saturated carbocycles. The molecular formula is C22H21N4O2. The smallest absolute Gasteiger partial charge is 0.222 e. The van der Waals surface area contributed by atoms with Crippen LogP contribution in [0, 0.1) is 12.8 Å². The Morgan fingerprint density at radius 2 is 2.00 bits per heavy atom. The first-order valence-corrected chi connectivity index (χ1v) is 9.18. The summed E-state index contributed by atoms with van der Waals surface area (Å²) in [6, 6.07) is 13.4. The van der Waals surface area contributed by atoms with Crippen LogP contribution in [0.5, 0.6) is 0 Å². The molecule has 141 valence electrons. The van der Waals surface area contributed by atoms with Gasteiger partial charge in [0.1, 0.15) is 5.82 Å². The van der Waals surface area contributed by atoms with Gasteiger partial charge < -0.3 is 15.6 Å². The quantitative estimate of drug-likeness (QED) is 0.634. The number of carbonyl (C=O) groups excluding carboxylic acids is 2. The number of hydrogen-bond donors (Lipinski definition) is 3. The lowest BCUT2D eigenvalue weighted by Gasteiger charge is -2.18. The highest BCUT2D eigenvalue weighted by Gasteiger charge is 2.30. The molecule has 0 saturated heterocycles. The number of anilines is 3. The summed E-state index contributed by atoms with van der Waals surface area (Å²) < 4.78 is 0. The molecule has 0 aliphatic heterocycles. The number of benzene rings is 1. The van der Waals surface area contributed by atoms with Crippen LogP contribution in [0.4, 0.5) is 17.2 Å².